The zero-order valence-electron chi connectivity index (χ0n) is 12.6. The molecule has 3 nitrogen and oxygen atoms in total. The largest absolute Gasteiger partial charge is 0.497 e. The predicted molar refractivity (Wildman–Crippen MR) is 87.6 cm³/mol. The Hall–Kier alpha value is -1.88. The average molecular weight is 366 g/mol. The molecule has 0 saturated carbocycles. The first-order chi connectivity index (χ1) is 10.4. The van der Waals surface area contributed by atoms with Crippen LogP contribution in [0.5, 0.6) is 5.75 Å². The molecule has 0 N–H and O–H groups in total. The van der Waals surface area contributed by atoms with Gasteiger partial charge in [0.1, 0.15) is 11.6 Å². The number of methoxy groups -OCH3 is 1. The van der Waals surface area contributed by atoms with Gasteiger partial charge in [-0.15, -0.1) is 0 Å². The van der Waals surface area contributed by atoms with Crippen LogP contribution in [-0.4, -0.2) is 25.0 Å². The average Bonchev–Trinajstić information content (AvgIpc) is 2.53. The number of carbonyl (C=O) groups excluding carboxylic acids is 1. The van der Waals surface area contributed by atoms with E-state index >= 15 is 0 Å². The van der Waals surface area contributed by atoms with Crippen molar-refractivity contribution < 1.29 is 13.9 Å². The number of rotatable bonds is 4. The Morgan fingerprint density at radius 3 is 2.41 bits per heavy atom. The number of hydrogen-bond acceptors (Lipinski definition) is 2. The maximum atomic E-state index is 13.9. The van der Waals surface area contributed by atoms with Crippen molar-refractivity contribution in [3.8, 4) is 5.75 Å². The van der Waals surface area contributed by atoms with Gasteiger partial charge in [-0.25, -0.2) is 4.39 Å². The molecule has 0 aliphatic heterocycles. The summed E-state index contributed by atoms with van der Waals surface area (Å²) in [5.74, 6) is -0.134. The summed E-state index contributed by atoms with van der Waals surface area (Å²) in [7, 11) is 3.27. The van der Waals surface area contributed by atoms with Gasteiger partial charge in [0, 0.05) is 11.5 Å². The third-order valence-electron chi connectivity index (χ3n) is 3.66. The molecule has 1 unspecified atom stereocenters. The molecule has 0 fully saturated rings. The van der Waals surface area contributed by atoms with Crippen molar-refractivity contribution in [3.05, 3.63) is 63.9 Å². The summed E-state index contributed by atoms with van der Waals surface area (Å²) in [6.07, 6.45) is 0. The lowest BCUT2D eigenvalue weighted by Gasteiger charge is -2.25. The van der Waals surface area contributed by atoms with Gasteiger partial charge in [0.05, 0.1) is 18.7 Å². The van der Waals surface area contributed by atoms with Gasteiger partial charge in [-0.3, -0.25) is 4.79 Å². The summed E-state index contributed by atoms with van der Waals surface area (Å²) < 4.78 is 19.7. The van der Waals surface area contributed by atoms with Crippen molar-refractivity contribution in [3.63, 3.8) is 0 Å². The van der Waals surface area contributed by atoms with E-state index in [1.807, 2.05) is 31.2 Å². The first-order valence-electron chi connectivity index (χ1n) is 6.80. The van der Waals surface area contributed by atoms with Gasteiger partial charge in [-0.05, 0) is 42.8 Å². The fourth-order valence-electron chi connectivity index (χ4n) is 2.13. The number of hydrogen-bond donors (Lipinski definition) is 0. The zero-order valence-corrected chi connectivity index (χ0v) is 14.2. The molecule has 0 heterocycles. The van der Waals surface area contributed by atoms with E-state index in [1.54, 1.807) is 20.2 Å². The molecule has 2 rings (SSSR count). The molecule has 116 valence electrons. The van der Waals surface area contributed by atoms with Crippen molar-refractivity contribution in [2.24, 2.45) is 0 Å². The highest BCUT2D eigenvalue weighted by atomic mass is 79.9. The predicted octanol–water partition coefficient (Wildman–Crippen LogP) is 4.43. The second kappa shape index (κ2) is 6.92. The van der Waals surface area contributed by atoms with Crippen LogP contribution in [0.3, 0.4) is 0 Å². The van der Waals surface area contributed by atoms with Crippen LogP contribution >= 0.6 is 15.9 Å². The second-order valence-corrected chi connectivity index (χ2v) is 5.91. The van der Waals surface area contributed by atoms with E-state index in [2.05, 4.69) is 15.9 Å². The third-order valence-corrected chi connectivity index (χ3v) is 4.15. The van der Waals surface area contributed by atoms with E-state index in [1.165, 1.54) is 17.0 Å². The summed E-state index contributed by atoms with van der Waals surface area (Å²) in [5.41, 5.74) is 1.01. The summed E-state index contributed by atoms with van der Waals surface area (Å²) in [6.45, 7) is 1.90. The molecule has 0 aliphatic carbocycles. The van der Waals surface area contributed by atoms with Crippen molar-refractivity contribution in [2.75, 3.05) is 14.2 Å². The van der Waals surface area contributed by atoms with E-state index in [0.29, 0.717) is 4.47 Å². The maximum Gasteiger partial charge on any atom is 0.257 e. The lowest BCUT2D eigenvalue weighted by atomic mass is 10.1. The standard InChI is InChI=1S/C17H17BrFNO2/c1-11(12-4-7-14(22-3)8-5-12)20(2)17(21)15-9-6-13(18)10-16(15)19/h4-11H,1-3H3. The molecular formula is C17H17BrFNO2. The van der Waals surface area contributed by atoms with Crippen LogP contribution in [-0.2, 0) is 0 Å². The quantitative estimate of drug-likeness (QED) is 0.801. The number of halogens is 2. The SMILES string of the molecule is COc1ccc(C(C)N(C)C(=O)c2ccc(Br)cc2F)cc1. The highest BCUT2D eigenvalue weighted by Crippen LogP contribution is 2.24. The molecule has 22 heavy (non-hydrogen) atoms. The Balaban J connectivity index is 2.21. The smallest absolute Gasteiger partial charge is 0.257 e. The van der Waals surface area contributed by atoms with Crippen molar-refractivity contribution >= 4 is 21.8 Å². The Morgan fingerprint density at radius 2 is 1.86 bits per heavy atom. The van der Waals surface area contributed by atoms with Gasteiger partial charge < -0.3 is 9.64 Å². The fourth-order valence-corrected chi connectivity index (χ4v) is 2.47. The maximum absolute atomic E-state index is 13.9. The fraction of sp³-hybridized carbons (Fsp3) is 0.235. The Bertz CT molecular complexity index is 673. The summed E-state index contributed by atoms with van der Waals surface area (Å²) in [4.78, 5) is 14.0. The van der Waals surface area contributed by atoms with Gasteiger partial charge >= 0.3 is 0 Å². The molecule has 0 bridgehead atoms. The summed E-state index contributed by atoms with van der Waals surface area (Å²) in [6, 6.07) is 11.7. The minimum atomic E-state index is -0.534. The molecule has 0 spiro atoms. The second-order valence-electron chi connectivity index (χ2n) is 4.99. The van der Waals surface area contributed by atoms with Crippen molar-refractivity contribution in [1.29, 1.82) is 0 Å². The van der Waals surface area contributed by atoms with Crippen LogP contribution in [0.2, 0.25) is 0 Å². The van der Waals surface area contributed by atoms with Crippen LogP contribution in [0.25, 0.3) is 0 Å². The number of amides is 1. The van der Waals surface area contributed by atoms with Gasteiger partial charge in [0.2, 0.25) is 0 Å². The van der Waals surface area contributed by atoms with Crippen LogP contribution in [0.1, 0.15) is 28.9 Å². The Labute approximate surface area is 137 Å². The lowest BCUT2D eigenvalue weighted by molar-refractivity contribution is 0.0738. The highest BCUT2D eigenvalue weighted by Gasteiger charge is 2.21. The number of nitrogens with zero attached hydrogens (tertiary/aromatic N) is 1. The molecule has 0 saturated heterocycles. The Morgan fingerprint density at radius 1 is 1.23 bits per heavy atom. The molecule has 0 radical (unpaired) electrons. The first kappa shape index (κ1) is 16.5. The molecule has 2 aromatic rings. The Kier molecular flexibility index (Phi) is 5.19. The monoisotopic (exact) mass is 365 g/mol. The molecule has 0 aromatic heterocycles. The lowest BCUT2D eigenvalue weighted by Crippen LogP contribution is -2.30. The molecule has 1 amide bonds. The van der Waals surface area contributed by atoms with Gasteiger partial charge in [-0.2, -0.15) is 0 Å². The van der Waals surface area contributed by atoms with Gasteiger partial charge in [0.15, 0.2) is 0 Å². The van der Waals surface area contributed by atoms with Crippen LogP contribution in [0, 0.1) is 5.82 Å². The molecule has 2 aromatic carbocycles. The van der Waals surface area contributed by atoms with E-state index in [4.69, 9.17) is 4.74 Å². The van der Waals surface area contributed by atoms with E-state index in [9.17, 15) is 9.18 Å². The minimum absolute atomic E-state index is 0.0612. The number of benzene rings is 2. The summed E-state index contributed by atoms with van der Waals surface area (Å²) in [5, 5.41) is 0. The van der Waals surface area contributed by atoms with E-state index < -0.39 is 5.82 Å². The highest BCUT2D eigenvalue weighted by molar-refractivity contribution is 9.10. The van der Waals surface area contributed by atoms with Crippen molar-refractivity contribution in [1.82, 2.24) is 4.90 Å². The van der Waals surface area contributed by atoms with Crippen LogP contribution in [0.4, 0.5) is 4.39 Å². The number of ether oxygens (including phenoxy) is 1. The van der Waals surface area contributed by atoms with Crippen molar-refractivity contribution in [2.45, 2.75) is 13.0 Å². The normalized spacial score (nSPS) is 11.9. The molecular weight excluding hydrogens is 349 g/mol. The first-order valence-corrected chi connectivity index (χ1v) is 7.59. The third kappa shape index (κ3) is 3.47. The molecule has 5 heteroatoms. The van der Waals surface area contributed by atoms with Gasteiger partial charge in [0.25, 0.3) is 5.91 Å². The van der Waals surface area contributed by atoms with E-state index in [0.717, 1.165) is 11.3 Å². The van der Waals surface area contributed by atoms with Gasteiger partial charge in [-0.1, -0.05) is 28.1 Å². The molecule has 1 atom stereocenters. The van der Waals surface area contributed by atoms with Crippen LogP contribution in [0.15, 0.2) is 46.9 Å². The van der Waals surface area contributed by atoms with Crippen LogP contribution < -0.4 is 4.74 Å². The number of carbonyl (C=O) groups is 1. The van der Waals surface area contributed by atoms with E-state index in [-0.39, 0.29) is 17.5 Å². The topological polar surface area (TPSA) is 29.5 Å². The zero-order chi connectivity index (χ0) is 16.3. The minimum Gasteiger partial charge on any atom is -0.497 e. The molecule has 0 aliphatic rings. The summed E-state index contributed by atoms with van der Waals surface area (Å²) >= 11 is 3.18.